The zero-order valence-electron chi connectivity index (χ0n) is 22.1. The van der Waals surface area contributed by atoms with Crippen molar-refractivity contribution in [3.63, 3.8) is 0 Å². The molecule has 0 amide bonds. The molecule has 0 unspecified atom stereocenters. The minimum atomic E-state index is -1.50. The minimum Gasteiger partial charge on any atom is -0.426 e. The molecule has 0 aromatic rings. The van der Waals surface area contributed by atoms with Gasteiger partial charge in [-0.05, 0) is 74.2 Å². The fourth-order valence-corrected chi connectivity index (χ4v) is 9.13. The number of hydrogen-bond donors (Lipinski definition) is 1. The SMILES string of the molecule is CC1=C[C@@](O)(C[C@@H](C)C2=CC[C@@]3(C)C4=C(CC[C@]23C)[C@@]2(C)CCC(=O)C(C)(C)[C@@H]2CC4)OC1=O. The summed E-state index contributed by atoms with van der Waals surface area (Å²) >= 11 is 0. The van der Waals surface area contributed by atoms with E-state index in [1.54, 1.807) is 24.1 Å². The summed E-state index contributed by atoms with van der Waals surface area (Å²) < 4.78 is 5.33. The molecule has 1 aliphatic heterocycles. The Hall–Kier alpha value is -1.68. The third kappa shape index (κ3) is 2.99. The van der Waals surface area contributed by atoms with Gasteiger partial charge in [0.05, 0.1) is 0 Å². The molecule has 5 aliphatic rings. The molecule has 0 aromatic carbocycles. The first-order valence-electron chi connectivity index (χ1n) is 13.3. The highest BCUT2D eigenvalue weighted by Crippen LogP contribution is 2.70. The molecule has 0 saturated heterocycles. The Kier molecular flexibility index (Phi) is 5.08. The predicted molar refractivity (Wildman–Crippen MR) is 133 cm³/mol. The van der Waals surface area contributed by atoms with Crippen molar-refractivity contribution in [3.8, 4) is 0 Å². The number of cyclic esters (lactones) is 1. The predicted octanol–water partition coefficient (Wildman–Crippen LogP) is 6.44. The minimum absolute atomic E-state index is 0.0339. The van der Waals surface area contributed by atoms with E-state index in [9.17, 15) is 14.7 Å². The fourth-order valence-electron chi connectivity index (χ4n) is 9.13. The van der Waals surface area contributed by atoms with Crippen LogP contribution in [0.3, 0.4) is 0 Å². The average Bonchev–Trinajstić information content (AvgIpc) is 3.16. The Balaban J connectivity index is 1.46. The van der Waals surface area contributed by atoms with E-state index in [2.05, 4.69) is 47.6 Å². The summed E-state index contributed by atoms with van der Waals surface area (Å²) in [6, 6.07) is 0. The lowest BCUT2D eigenvalue weighted by molar-refractivity contribution is -0.182. The molecule has 34 heavy (non-hydrogen) atoms. The van der Waals surface area contributed by atoms with Gasteiger partial charge < -0.3 is 9.84 Å². The summed E-state index contributed by atoms with van der Waals surface area (Å²) in [4.78, 5) is 24.7. The number of Topliss-reactive ketones (excluding diaryl/α,β-unsaturated/α-hetero) is 1. The van der Waals surface area contributed by atoms with Crippen LogP contribution in [0.4, 0.5) is 0 Å². The van der Waals surface area contributed by atoms with Gasteiger partial charge in [-0.2, -0.15) is 0 Å². The molecule has 4 heteroatoms. The molecule has 1 N–H and O–H groups in total. The summed E-state index contributed by atoms with van der Waals surface area (Å²) in [5.74, 6) is -0.923. The number of carbonyl (C=O) groups excluding carboxylic acids is 2. The number of ether oxygens (including phenoxy) is 1. The normalized spacial score (nSPS) is 44.1. The molecule has 1 saturated carbocycles. The van der Waals surface area contributed by atoms with Gasteiger partial charge in [0.1, 0.15) is 5.78 Å². The molecule has 5 rings (SSSR count). The Morgan fingerprint density at radius 1 is 1.03 bits per heavy atom. The third-order valence-electron chi connectivity index (χ3n) is 11.3. The van der Waals surface area contributed by atoms with Gasteiger partial charge in [0.15, 0.2) is 0 Å². The Labute approximate surface area is 204 Å². The number of carbonyl (C=O) groups is 2. The molecular formula is C30H42O4. The van der Waals surface area contributed by atoms with Crippen LogP contribution in [0.25, 0.3) is 0 Å². The lowest BCUT2D eigenvalue weighted by Crippen LogP contribution is -2.53. The van der Waals surface area contributed by atoms with Gasteiger partial charge in [-0.15, -0.1) is 0 Å². The van der Waals surface area contributed by atoms with E-state index < -0.39 is 11.8 Å². The molecule has 0 aromatic heterocycles. The lowest BCUT2D eigenvalue weighted by atomic mass is 9.43. The molecule has 4 aliphatic carbocycles. The maximum absolute atomic E-state index is 12.8. The van der Waals surface area contributed by atoms with E-state index in [1.807, 2.05) is 0 Å². The molecule has 0 spiro atoms. The first-order valence-corrected chi connectivity index (χ1v) is 13.3. The zero-order valence-corrected chi connectivity index (χ0v) is 22.1. The van der Waals surface area contributed by atoms with Crippen LogP contribution in [0.1, 0.15) is 99.8 Å². The summed E-state index contributed by atoms with van der Waals surface area (Å²) in [6.45, 7) is 15.6. The second kappa shape index (κ2) is 7.18. The van der Waals surface area contributed by atoms with Crippen LogP contribution >= 0.6 is 0 Å². The highest BCUT2D eigenvalue weighted by molar-refractivity contribution is 5.90. The topological polar surface area (TPSA) is 63.6 Å². The highest BCUT2D eigenvalue weighted by atomic mass is 16.7. The van der Waals surface area contributed by atoms with Crippen molar-refractivity contribution in [2.75, 3.05) is 0 Å². The fraction of sp³-hybridized carbons (Fsp3) is 0.733. The van der Waals surface area contributed by atoms with Crippen molar-refractivity contribution in [3.05, 3.63) is 34.4 Å². The van der Waals surface area contributed by atoms with E-state index >= 15 is 0 Å². The second-order valence-corrected chi connectivity index (χ2v) is 13.3. The number of fused-ring (bicyclic) bond motifs is 4. The Morgan fingerprint density at radius 2 is 1.74 bits per heavy atom. The highest BCUT2D eigenvalue weighted by Gasteiger charge is 2.61. The van der Waals surface area contributed by atoms with Crippen molar-refractivity contribution in [1.82, 2.24) is 0 Å². The summed E-state index contributed by atoms with van der Waals surface area (Å²) in [5, 5.41) is 10.9. The number of esters is 1. The molecule has 186 valence electrons. The van der Waals surface area contributed by atoms with Crippen LogP contribution in [-0.2, 0) is 14.3 Å². The molecule has 0 radical (unpaired) electrons. The van der Waals surface area contributed by atoms with E-state index in [0.717, 1.165) is 38.5 Å². The summed E-state index contributed by atoms with van der Waals surface area (Å²) in [7, 11) is 0. The molecule has 4 nitrogen and oxygen atoms in total. The van der Waals surface area contributed by atoms with Crippen LogP contribution in [0.15, 0.2) is 34.4 Å². The van der Waals surface area contributed by atoms with Crippen LogP contribution < -0.4 is 0 Å². The first-order chi connectivity index (χ1) is 15.7. The maximum Gasteiger partial charge on any atom is 0.336 e. The van der Waals surface area contributed by atoms with Crippen molar-refractivity contribution in [2.45, 2.75) is 106 Å². The second-order valence-electron chi connectivity index (χ2n) is 13.3. The standard InChI is InChI=1S/C30H42O4/c1-18(16-30(33)17-19(2)25(32)34-30)20-10-14-29(7)22-8-9-23-26(3,4)24(31)12-13-27(23,5)21(22)11-15-28(20,29)6/h10,17-18,23,33H,8-9,11-16H2,1-7H3/t18-,23+,27-,28-,29+,30-/m1/s1. The van der Waals surface area contributed by atoms with Crippen molar-refractivity contribution in [1.29, 1.82) is 0 Å². The van der Waals surface area contributed by atoms with E-state index in [1.165, 1.54) is 5.57 Å². The average molecular weight is 467 g/mol. The number of hydrogen-bond acceptors (Lipinski definition) is 4. The van der Waals surface area contributed by atoms with Gasteiger partial charge in [-0.3, -0.25) is 4.79 Å². The quantitative estimate of drug-likeness (QED) is 0.384. The molecule has 1 heterocycles. The summed E-state index contributed by atoms with van der Waals surface area (Å²) in [6.07, 6.45) is 11.5. The van der Waals surface area contributed by atoms with Crippen molar-refractivity contribution < 1.29 is 19.4 Å². The van der Waals surface area contributed by atoms with Gasteiger partial charge in [0.2, 0.25) is 5.79 Å². The van der Waals surface area contributed by atoms with Crippen LogP contribution in [0.5, 0.6) is 0 Å². The van der Waals surface area contributed by atoms with E-state index in [4.69, 9.17) is 4.74 Å². The van der Waals surface area contributed by atoms with Crippen molar-refractivity contribution >= 4 is 11.8 Å². The molecular weight excluding hydrogens is 424 g/mol. The molecule has 6 atom stereocenters. The van der Waals surface area contributed by atoms with E-state index in [0.29, 0.717) is 30.1 Å². The lowest BCUT2D eigenvalue weighted by Gasteiger charge is -2.60. The molecule has 0 bridgehead atoms. The van der Waals surface area contributed by atoms with Gasteiger partial charge in [-0.1, -0.05) is 64.3 Å². The third-order valence-corrected chi connectivity index (χ3v) is 11.3. The first kappa shape index (κ1) is 24.0. The monoisotopic (exact) mass is 466 g/mol. The Morgan fingerprint density at radius 3 is 2.38 bits per heavy atom. The van der Waals surface area contributed by atoms with E-state index in [-0.39, 0.29) is 27.6 Å². The largest absolute Gasteiger partial charge is 0.426 e. The van der Waals surface area contributed by atoms with Gasteiger partial charge >= 0.3 is 5.97 Å². The number of rotatable bonds is 3. The number of allylic oxidation sites excluding steroid dienone is 4. The zero-order chi connectivity index (χ0) is 24.9. The van der Waals surface area contributed by atoms with Crippen LogP contribution in [0, 0.1) is 33.5 Å². The maximum atomic E-state index is 12.8. The van der Waals surface area contributed by atoms with Crippen LogP contribution in [0.2, 0.25) is 0 Å². The number of aliphatic hydroxyl groups is 1. The van der Waals surface area contributed by atoms with Gasteiger partial charge in [0.25, 0.3) is 0 Å². The van der Waals surface area contributed by atoms with Crippen molar-refractivity contribution in [2.24, 2.45) is 33.5 Å². The van der Waals surface area contributed by atoms with Crippen LogP contribution in [-0.4, -0.2) is 22.6 Å². The number of ketones is 1. The Bertz CT molecular complexity index is 1060. The van der Waals surface area contributed by atoms with Gasteiger partial charge in [0, 0.05) is 29.2 Å². The molecule has 1 fully saturated rings. The van der Waals surface area contributed by atoms with Gasteiger partial charge in [-0.25, -0.2) is 4.79 Å². The summed E-state index contributed by atoms with van der Waals surface area (Å²) in [5.41, 5.74) is 5.21. The smallest absolute Gasteiger partial charge is 0.336 e.